The van der Waals surface area contributed by atoms with Gasteiger partial charge in [-0.25, -0.2) is 0 Å². The van der Waals surface area contributed by atoms with Gasteiger partial charge in [-0.05, 0) is 25.2 Å². The summed E-state index contributed by atoms with van der Waals surface area (Å²) in [7, 11) is 0. The monoisotopic (exact) mass is 153 g/mol. The van der Waals surface area contributed by atoms with E-state index in [1.165, 1.54) is 25.0 Å². The van der Waals surface area contributed by atoms with E-state index in [1.807, 2.05) is 0 Å². The summed E-state index contributed by atoms with van der Waals surface area (Å²) < 4.78 is 0. The van der Waals surface area contributed by atoms with Gasteiger partial charge in [-0.1, -0.05) is 19.0 Å². The van der Waals surface area contributed by atoms with Gasteiger partial charge in [-0.15, -0.1) is 0 Å². The molecule has 1 fully saturated rings. The lowest BCUT2D eigenvalue weighted by molar-refractivity contribution is 0.0746. The van der Waals surface area contributed by atoms with E-state index in [0.717, 1.165) is 0 Å². The van der Waals surface area contributed by atoms with Crippen LogP contribution in [0.5, 0.6) is 0 Å². The molecule has 0 aromatic heterocycles. The Bertz CT molecular complexity index is 186. The molecule has 2 aliphatic rings. The Morgan fingerprint density at radius 3 is 3.00 bits per heavy atom. The van der Waals surface area contributed by atoms with E-state index in [2.05, 4.69) is 19.0 Å². The van der Waals surface area contributed by atoms with Crippen molar-refractivity contribution in [1.82, 2.24) is 0 Å². The molecule has 2 atom stereocenters. The highest BCUT2D eigenvalue weighted by Gasteiger charge is 2.38. The highest BCUT2D eigenvalue weighted by molar-refractivity contribution is 5.89. The predicted octanol–water partition coefficient (Wildman–Crippen LogP) is 2.20. The zero-order valence-corrected chi connectivity index (χ0v) is 7.21. The van der Waals surface area contributed by atoms with Crippen LogP contribution in [-0.4, -0.2) is 11.8 Å². The Labute approximate surface area is 67.6 Å². The Kier molecular flexibility index (Phi) is 1.63. The number of hydrogen-bond acceptors (Lipinski definition) is 2. The van der Waals surface area contributed by atoms with Crippen LogP contribution in [0.2, 0.25) is 0 Å². The van der Waals surface area contributed by atoms with Crippen molar-refractivity contribution in [2.45, 2.75) is 39.2 Å². The summed E-state index contributed by atoms with van der Waals surface area (Å²) in [6.07, 6.45) is 4.26. The van der Waals surface area contributed by atoms with Crippen LogP contribution in [0.1, 0.15) is 33.1 Å². The molecule has 2 nitrogen and oxygen atoms in total. The minimum atomic E-state index is 0.437. The normalized spacial score (nSPS) is 35.4. The average molecular weight is 153 g/mol. The minimum Gasteiger partial charge on any atom is -0.392 e. The maximum Gasteiger partial charge on any atom is 0.135 e. The van der Waals surface area contributed by atoms with Crippen molar-refractivity contribution < 1.29 is 4.84 Å². The smallest absolute Gasteiger partial charge is 0.135 e. The van der Waals surface area contributed by atoms with Gasteiger partial charge in [0.15, 0.2) is 0 Å². The number of hydrogen-bond donors (Lipinski definition) is 0. The largest absolute Gasteiger partial charge is 0.392 e. The SMILES string of the molecule is CC(C)C1=NO[C@H]2CCC[C@H]12. The fourth-order valence-corrected chi connectivity index (χ4v) is 2.12. The fourth-order valence-electron chi connectivity index (χ4n) is 2.12. The Morgan fingerprint density at radius 2 is 2.27 bits per heavy atom. The van der Waals surface area contributed by atoms with Crippen molar-refractivity contribution >= 4 is 5.71 Å². The lowest BCUT2D eigenvalue weighted by atomic mass is 9.92. The zero-order valence-electron chi connectivity index (χ0n) is 7.21. The van der Waals surface area contributed by atoms with Crippen molar-refractivity contribution in [2.75, 3.05) is 0 Å². The standard InChI is InChI=1S/C9H15NO/c1-6(2)9-7-4-3-5-8(7)11-10-9/h6-8H,3-5H2,1-2H3/t7-,8-/m0/s1. The Morgan fingerprint density at radius 1 is 1.45 bits per heavy atom. The topological polar surface area (TPSA) is 21.6 Å². The van der Waals surface area contributed by atoms with Gasteiger partial charge in [-0.3, -0.25) is 0 Å². The van der Waals surface area contributed by atoms with Crippen LogP contribution in [0, 0.1) is 11.8 Å². The molecular weight excluding hydrogens is 138 g/mol. The summed E-state index contributed by atoms with van der Waals surface area (Å²) in [5.41, 5.74) is 1.30. The van der Waals surface area contributed by atoms with Gasteiger partial charge in [0, 0.05) is 5.92 Å². The highest BCUT2D eigenvalue weighted by atomic mass is 16.6. The first-order valence-electron chi connectivity index (χ1n) is 4.52. The molecular formula is C9H15NO. The molecule has 1 heterocycles. The lowest BCUT2D eigenvalue weighted by Crippen LogP contribution is -2.20. The van der Waals surface area contributed by atoms with Crippen LogP contribution in [0.3, 0.4) is 0 Å². The molecule has 1 aliphatic heterocycles. The van der Waals surface area contributed by atoms with Crippen LogP contribution >= 0.6 is 0 Å². The summed E-state index contributed by atoms with van der Waals surface area (Å²) in [6.45, 7) is 4.39. The zero-order chi connectivity index (χ0) is 7.84. The van der Waals surface area contributed by atoms with Crippen molar-refractivity contribution in [3.63, 3.8) is 0 Å². The van der Waals surface area contributed by atoms with Crippen LogP contribution in [0.4, 0.5) is 0 Å². The van der Waals surface area contributed by atoms with Gasteiger partial charge in [0.2, 0.25) is 0 Å². The maximum absolute atomic E-state index is 5.34. The summed E-state index contributed by atoms with van der Waals surface area (Å²) in [4.78, 5) is 5.34. The minimum absolute atomic E-state index is 0.437. The molecule has 62 valence electrons. The lowest BCUT2D eigenvalue weighted by Gasteiger charge is -2.10. The molecule has 0 saturated heterocycles. The number of oxime groups is 1. The van der Waals surface area contributed by atoms with Gasteiger partial charge in [0.05, 0.1) is 5.71 Å². The van der Waals surface area contributed by atoms with Crippen LogP contribution < -0.4 is 0 Å². The van der Waals surface area contributed by atoms with Crippen LogP contribution in [-0.2, 0) is 4.84 Å². The summed E-state index contributed by atoms with van der Waals surface area (Å²) in [5, 5.41) is 4.14. The predicted molar refractivity (Wildman–Crippen MR) is 44.5 cm³/mol. The average Bonchev–Trinajstić information content (AvgIpc) is 2.41. The molecule has 1 saturated carbocycles. The molecule has 2 rings (SSSR count). The van der Waals surface area contributed by atoms with E-state index in [9.17, 15) is 0 Å². The number of nitrogens with zero attached hydrogens (tertiary/aromatic N) is 1. The van der Waals surface area contributed by atoms with E-state index in [4.69, 9.17) is 4.84 Å². The molecule has 0 aromatic carbocycles. The molecule has 0 radical (unpaired) electrons. The second-order valence-corrected chi connectivity index (χ2v) is 3.85. The fraction of sp³-hybridized carbons (Fsp3) is 0.889. The van der Waals surface area contributed by atoms with Gasteiger partial charge in [0.1, 0.15) is 6.10 Å². The first-order valence-corrected chi connectivity index (χ1v) is 4.52. The maximum atomic E-state index is 5.34. The molecule has 11 heavy (non-hydrogen) atoms. The van der Waals surface area contributed by atoms with Crippen molar-refractivity contribution in [3.05, 3.63) is 0 Å². The second kappa shape index (κ2) is 2.50. The van der Waals surface area contributed by atoms with Gasteiger partial charge >= 0.3 is 0 Å². The van der Waals surface area contributed by atoms with E-state index in [1.54, 1.807) is 0 Å². The summed E-state index contributed by atoms with van der Waals surface area (Å²) in [6, 6.07) is 0. The van der Waals surface area contributed by atoms with E-state index in [-0.39, 0.29) is 0 Å². The third-order valence-corrected chi connectivity index (χ3v) is 2.72. The Hall–Kier alpha value is -0.530. The van der Waals surface area contributed by atoms with E-state index in [0.29, 0.717) is 17.9 Å². The number of fused-ring (bicyclic) bond motifs is 1. The second-order valence-electron chi connectivity index (χ2n) is 3.85. The van der Waals surface area contributed by atoms with Crippen molar-refractivity contribution in [2.24, 2.45) is 17.0 Å². The van der Waals surface area contributed by atoms with Gasteiger partial charge in [-0.2, -0.15) is 0 Å². The highest BCUT2D eigenvalue weighted by Crippen LogP contribution is 2.35. The van der Waals surface area contributed by atoms with Gasteiger partial charge < -0.3 is 4.84 Å². The van der Waals surface area contributed by atoms with Crippen LogP contribution in [0.25, 0.3) is 0 Å². The molecule has 0 aromatic rings. The molecule has 0 spiro atoms. The molecule has 1 aliphatic carbocycles. The molecule has 0 N–H and O–H groups in total. The Balaban J connectivity index is 2.12. The van der Waals surface area contributed by atoms with Crippen molar-refractivity contribution in [1.29, 1.82) is 0 Å². The van der Waals surface area contributed by atoms with Gasteiger partial charge in [0.25, 0.3) is 0 Å². The van der Waals surface area contributed by atoms with Crippen LogP contribution in [0.15, 0.2) is 5.16 Å². The molecule has 2 heteroatoms. The molecule has 0 amide bonds. The third kappa shape index (κ3) is 1.05. The van der Waals surface area contributed by atoms with E-state index < -0.39 is 0 Å². The third-order valence-electron chi connectivity index (χ3n) is 2.72. The summed E-state index contributed by atoms with van der Waals surface area (Å²) >= 11 is 0. The molecule has 0 unspecified atom stereocenters. The first-order chi connectivity index (χ1) is 5.29. The summed E-state index contributed by atoms with van der Waals surface area (Å²) in [5.74, 6) is 1.23. The quantitative estimate of drug-likeness (QED) is 0.566. The van der Waals surface area contributed by atoms with Crippen molar-refractivity contribution in [3.8, 4) is 0 Å². The van der Waals surface area contributed by atoms with E-state index >= 15 is 0 Å². The molecule has 0 bridgehead atoms. The first kappa shape index (κ1) is 7.14. The number of rotatable bonds is 1.